The van der Waals surface area contributed by atoms with Gasteiger partial charge in [-0.15, -0.1) is 11.8 Å². The number of aliphatic hydroxyl groups is 1. The summed E-state index contributed by atoms with van der Waals surface area (Å²) in [6.07, 6.45) is 8.95. The molecule has 6 atom stereocenters. The maximum Gasteiger partial charge on any atom is 0.247 e. The second-order valence-electron chi connectivity index (χ2n) is 9.32. The average Bonchev–Trinajstić information content (AvgIpc) is 3.06. The van der Waals surface area contributed by atoms with Gasteiger partial charge in [-0.2, -0.15) is 0 Å². The van der Waals surface area contributed by atoms with Crippen molar-refractivity contribution in [1.29, 1.82) is 0 Å². The normalized spacial score (nSPS) is 35.9. The van der Waals surface area contributed by atoms with E-state index in [2.05, 4.69) is 6.08 Å². The molecular weight excluding hydrogens is 414 g/mol. The number of aliphatic hydroxyl groups excluding tert-OH is 1. The van der Waals surface area contributed by atoms with E-state index in [1.165, 1.54) is 0 Å². The minimum absolute atomic E-state index is 0.00244. The van der Waals surface area contributed by atoms with Gasteiger partial charge in [0.25, 0.3) is 0 Å². The van der Waals surface area contributed by atoms with Crippen LogP contribution in [0, 0.1) is 11.8 Å². The van der Waals surface area contributed by atoms with Crippen LogP contribution in [0.15, 0.2) is 24.3 Å². The third-order valence-electron chi connectivity index (χ3n) is 7.07. The number of amides is 3. The summed E-state index contributed by atoms with van der Waals surface area (Å²) in [4.78, 5) is 46.4. The zero-order valence-corrected chi connectivity index (χ0v) is 19.5. The Hall–Kier alpha value is -1.80. The Labute approximate surface area is 188 Å². The summed E-state index contributed by atoms with van der Waals surface area (Å²) < 4.78 is -0.800. The van der Waals surface area contributed by atoms with Gasteiger partial charge in [-0.1, -0.05) is 31.2 Å². The molecule has 4 aliphatic rings. The average molecular weight is 448 g/mol. The van der Waals surface area contributed by atoms with Crippen molar-refractivity contribution in [3.8, 4) is 0 Å². The summed E-state index contributed by atoms with van der Waals surface area (Å²) in [6.45, 7) is 9.23. The molecule has 0 saturated carbocycles. The molecule has 0 aromatic rings. The highest BCUT2D eigenvalue weighted by Crippen LogP contribution is 2.61. The van der Waals surface area contributed by atoms with Gasteiger partial charge in [0.15, 0.2) is 0 Å². The van der Waals surface area contributed by atoms with E-state index < -0.39 is 28.7 Å². The summed E-state index contributed by atoms with van der Waals surface area (Å²) in [7, 11) is 0. The zero-order chi connectivity index (χ0) is 22.5. The molecule has 1 unspecified atom stereocenters. The van der Waals surface area contributed by atoms with Crippen LogP contribution in [-0.2, 0) is 14.4 Å². The Bertz CT molecular complexity index is 828. The summed E-state index contributed by atoms with van der Waals surface area (Å²) >= 11 is 1.59. The van der Waals surface area contributed by atoms with E-state index in [9.17, 15) is 19.5 Å². The molecule has 0 aromatic heterocycles. The van der Waals surface area contributed by atoms with Crippen LogP contribution < -0.4 is 0 Å². The summed E-state index contributed by atoms with van der Waals surface area (Å²) in [6, 6.07) is -1.22. The number of hydrogen-bond acceptors (Lipinski definition) is 5. The monoisotopic (exact) mass is 447 g/mol. The predicted octanol–water partition coefficient (Wildman–Crippen LogP) is 1.28. The highest BCUT2D eigenvalue weighted by atomic mass is 32.2. The number of rotatable bonds is 5. The van der Waals surface area contributed by atoms with Crippen LogP contribution in [0.4, 0.5) is 0 Å². The van der Waals surface area contributed by atoms with E-state index in [1.54, 1.807) is 28.5 Å². The molecule has 7 nitrogen and oxygen atoms in total. The highest BCUT2D eigenvalue weighted by molar-refractivity contribution is 8.02. The van der Waals surface area contributed by atoms with E-state index in [0.29, 0.717) is 19.6 Å². The number of fused-ring (bicyclic) bond motifs is 2. The molecule has 0 radical (unpaired) electrons. The lowest BCUT2D eigenvalue weighted by Gasteiger charge is -2.38. The summed E-state index contributed by atoms with van der Waals surface area (Å²) in [5.41, 5.74) is 0. The molecule has 4 heterocycles. The van der Waals surface area contributed by atoms with Gasteiger partial charge in [0.1, 0.15) is 6.04 Å². The van der Waals surface area contributed by atoms with Crippen molar-refractivity contribution >= 4 is 29.5 Å². The molecule has 8 heteroatoms. The molecule has 4 rings (SSSR count). The number of nitrogens with zero attached hydrogens (tertiary/aromatic N) is 3. The number of thioether (sulfide) groups is 1. The fourth-order valence-corrected chi connectivity index (χ4v) is 7.64. The zero-order valence-electron chi connectivity index (χ0n) is 18.7. The Kier molecular flexibility index (Phi) is 5.98. The maximum absolute atomic E-state index is 13.9. The molecule has 31 heavy (non-hydrogen) atoms. The minimum atomic E-state index is -0.800. The fourth-order valence-electron chi connectivity index (χ4n) is 5.64. The van der Waals surface area contributed by atoms with Crippen LogP contribution in [0.1, 0.15) is 34.1 Å². The second kappa shape index (κ2) is 8.28. The van der Waals surface area contributed by atoms with Crippen molar-refractivity contribution < 1.29 is 19.5 Å². The molecule has 1 spiro atoms. The molecule has 0 aromatic carbocycles. The quantitative estimate of drug-likeness (QED) is 0.642. The molecule has 2 fully saturated rings. The van der Waals surface area contributed by atoms with Crippen molar-refractivity contribution in [2.24, 2.45) is 11.8 Å². The van der Waals surface area contributed by atoms with Crippen molar-refractivity contribution in [3.05, 3.63) is 24.3 Å². The molecule has 0 aliphatic carbocycles. The van der Waals surface area contributed by atoms with E-state index in [1.807, 2.05) is 43.9 Å². The molecule has 170 valence electrons. The van der Waals surface area contributed by atoms with Gasteiger partial charge in [-0.05, 0) is 27.2 Å². The van der Waals surface area contributed by atoms with Crippen molar-refractivity contribution in [1.82, 2.24) is 14.7 Å². The lowest BCUT2D eigenvalue weighted by Crippen LogP contribution is -2.57. The van der Waals surface area contributed by atoms with Crippen LogP contribution in [0.5, 0.6) is 0 Å². The Balaban J connectivity index is 1.84. The van der Waals surface area contributed by atoms with Gasteiger partial charge < -0.3 is 19.8 Å². The van der Waals surface area contributed by atoms with E-state index in [4.69, 9.17) is 0 Å². The topological polar surface area (TPSA) is 81.2 Å². The predicted molar refractivity (Wildman–Crippen MR) is 120 cm³/mol. The Morgan fingerprint density at radius 3 is 2.52 bits per heavy atom. The molecule has 2 saturated heterocycles. The second-order valence-corrected chi connectivity index (χ2v) is 10.8. The van der Waals surface area contributed by atoms with Crippen molar-refractivity contribution in [2.45, 2.75) is 62.2 Å². The summed E-state index contributed by atoms with van der Waals surface area (Å²) in [5.74, 6) is -1.38. The lowest BCUT2D eigenvalue weighted by molar-refractivity contribution is -0.147. The lowest BCUT2D eigenvalue weighted by atomic mass is 9.78. The van der Waals surface area contributed by atoms with Crippen LogP contribution in [0.25, 0.3) is 0 Å². The van der Waals surface area contributed by atoms with Crippen LogP contribution >= 0.6 is 11.8 Å². The molecular formula is C23H33N3O4S. The third kappa shape index (κ3) is 3.25. The van der Waals surface area contributed by atoms with E-state index in [-0.39, 0.29) is 35.6 Å². The number of hydrogen-bond donors (Lipinski definition) is 1. The first kappa shape index (κ1) is 22.4. The molecule has 1 N–H and O–H groups in total. The van der Waals surface area contributed by atoms with Gasteiger partial charge in [0.2, 0.25) is 17.7 Å². The summed E-state index contributed by atoms with van der Waals surface area (Å²) in [5, 5.41) is 9.77. The van der Waals surface area contributed by atoms with Crippen molar-refractivity contribution in [2.75, 3.05) is 26.2 Å². The SMILES string of the molecule is CCCN1CC=C[C@H]2S[C@]34C=CCN(C(C)C)C(=O)C3N([C@H](C)CO)C(=O)[C@@H]4[C@H]2C1=O. The number of carbonyl (C=O) groups excluding carboxylic acids is 3. The molecule has 3 amide bonds. The van der Waals surface area contributed by atoms with Gasteiger partial charge in [0.05, 0.1) is 29.2 Å². The smallest absolute Gasteiger partial charge is 0.247 e. The van der Waals surface area contributed by atoms with Crippen LogP contribution in [-0.4, -0.2) is 91.9 Å². The van der Waals surface area contributed by atoms with E-state index >= 15 is 0 Å². The Morgan fingerprint density at radius 1 is 1.13 bits per heavy atom. The number of likely N-dealkylation sites (tertiary alicyclic amines) is 1. The van der Waals surface area contributed by atoms with Crippen molar-refractivity contribution in [3.63, 3.8) is 0 Å². The van der Waals surface area contributed by atoms with Crippen LogP contribution in [0.2, 0.25) is 0 Å². The maximum atomic E-state index is 13.9. The number of carbonyl (C=O) groups is 3. The molecule has 4 aliphatic heterocycles. The first-order valence-electron chi connectivity index (χ1n) is 11.3. The largest absolute Gasteiger partial charge is 0.394 e. The highest BCUT2D eigenvalue weighted by Gasteiger charge is 2.71. The third-order valence-corrected chi connectivity index (χ3v) is 8.81. The molecule has 0 bridgehead atoms. The minimum Gasteiger partial charge on any atom is -0.394 e. The standard InChI is InChI=1S/C23H33N3O4S/c1-5-10-24-11-6-8-16-17(20(24)28)18-21(29)26(15(4)13-27)19-22(30)25(14(2)3)12-7-9-23(18,19)31-16/h6-9,14-19,27H,5,10-13H2,1-4H3/t15-,16-,17+,18+,19?,23+/m1/s1. The Morgan fingerprint density at radius 2 is 1.87 bits per heavy atom. The fraction of sp³-hybridized carbons (Fsp3) is 0.696. The van der Waals surface area contributed by atoms with Gasteiger partial charge >= 0.3 is 0 Å². The van der Waals surface area contributed by atoms with Gasteiger partial charge in [-0.3, -0.25) is 14.4 Å². The van der Waals surface area contributed by atoms with Crippen LogP contribution in [0.3, 0.4) is 0 Å². The van der Waals surface area contributed by atoms with Gasteiger partial charge in [0, 0.05) is 30.9 Å². The first-order chi connectivity index (χ1) is 14.8. The van der Waals surface area contributed by atoms with Gasteiger partial charge in [-0.25, -0.2) is 0 Å². The van der Waals surface area contributed by atoms with E-state index in [0.717, 1.165) is 6.42 Å². The first-order valence-corrected chi connectivity index (χ1v) is 12.2.